The maximum absolute atomic E-state index is 12.3. The molecule has 4 nitrogen and oxygen atoms in total. The van der Waals surface area contributed by atoms with Crippen molar-refractivity contribution in [1.82, 2.24) is 9.88 Å². The molecule has 1 saturated heterocycles. The highest BCUT2D eigenvalue weighted by Crippen LogP contribution is 2.17. The zero-order chi connectivity index (χ0) is 13.1. The number of carbonyl (C=O) groups excluding carboxylic acids is 1. The van der Waals surface area contributed by atoms with Gasteiger partial charge in [-0.2, -0.15) is 0 Å². The molecular formula is C12H14Cl2N2O2. The Labute approximate surface area is 116 Å². The Morgan fingerprint density at radius 1 is 1.44 bits per heavy atom. The first-order valence-corrected chi connectivity index (χ1v) is 6.56. The lowest BCUT2D eigenvalue weighted by atomic mass is 10.2. The number of ether oxygens (including phenoxy) is 1. The van der Waals surface area contributed by atoms with E-state index in [0.717, 1.165) is 6.42 Å². The smallest absolute Gasteiger partial charge is 0.254 e. The van der Waals surface area contributed by atoms with Gasteiger partial charge in [0.05, 0.1) is 6.10 Å². The van der Waals surface area contributed by atoms with Gasteiger partial charge in [-0.3, -0.25) is 4.79 Å². The first-order valence-electron chi connectivity index (χ1n) is 5.80. The molecule has 1 aliphatic heterocycles. The molecule has 0 N–H and O–H groups in total. The minimum absolute atomic E-state index is 0.0456. The zero-order valence-corrected chi connectivity index (χ0v) is 11.5. The van der Waals surface area contributed by atoms with E-state index >= 15 is 0 Å². The second-order valence-electron chi connectivity index (χ2n) is 4.29. The third-order valence-electron chi connectivity index (χ3n) is 2.75. The monoisotopic (exact) mass is 288 g/mol. The lowest BCUT2D eigenvalue weighted by Crippen LogP contribution is -2.35. The number of rotatable bonds is 1. The molecule has 0 saturated carbocycles. The molecule has 1 unspecified atom stereocenters. The quantitative estimate of drug-likeness (QED) is 0.746. The van der Waals surface area contributed by atoms with Crippen molar-refractivity contribution in [3.63, 3.8) is 0 Å². The van der Waals surface area contributed by atoms with Crippen molar-refractivity contribution in [3.8, 4) is 0 Å². The summed E-state index contributed by atoms with van der Waals surface area (Å²) in [5.41, 5.74) is 0.467. The average molecular weight is 289 g/mol. The van der Waals surface area contributed by atoms with E-state index in [1.54, 1.807) is 4.90 Å². The SMILES string of the molecule is CC1CN(C(=O)c2cc(Cl)nc(Cl)c2)CCCO1. The summed E-state index contributed by atoms with van der Waals surface area (Å²) < 4.78 is 5.51. The fourth-order valence-corrected chi connectivity index (χ4v) is 2.41. The zero-order valence-electron chi connectivity index (χ0n) is 10.0. The summed E-state index contributed by atoms with van der Waals surface area (Å²) in [6.45, 7) is 3.90. The normalized spacial score (nSPS) is 20.6. The van der Waals surface area contributed by atoms with Gasteiger partial charge in [0.2, 0.25) is 0 Å². The number of hydrogen-bond donors (Lipinski definition) is 0. The van der Waals surface area contributed by atoms with Crippen LogP contribution >= 0.6 is 23.2 Å². The summed E-state index contributed by atoms with van der Waals surface area (Å²) in [7, 11) is 0. The van der Waals surface area contributed by atoms with Crippen LogP contribution in [0.15, 0.2) is 12.1 Å². The second kappa shape index (κ2) is 5.87. The van der Waals surface area contributed by atoms with Crippen molar-refractivity contribution in [2.24, 2.45) is 0 Å². The van der Waals surface area contributed by atoms with E-state index in [1.165, 1.54) is 12.1 Å². The number of hydrogen-bond acceptors (Lipinski definition) is 3. The van der Waals surface area contributed by atoms with Crippen LogP contribution in [0.3, 0.4) is 0 Å². The second-order valence-corrected chi connectivity index (χ2v) is 5.06. The molecule has 0 aromatic carbocycles. The summed E-state index contributed by atoms with van der Waals surface area (Å²) in [6, 6.07) is 3.07. The summed E-state index contributed by atoms with van der Waals surface area (Å²) in [6.07, 6.45) is 0.882. The Morgan fingerprint density at radius 3 is 2.78 bits per heavy atom. The molecule has 2 rings (SSSR count). The Bertz CT molecular complexity index is 433. The van der Waals surface area contributed by atoms with Crippen LogP contribution in [0.1, 0.15) is 23.7 Å². The highest BCUT2D eigenvalue weighted by atomic mass is 35.5. The van der Waals surface area contributed by atoms with Gasteiger partial charge in [0.15, 0.2) is 0 Å². The van der Waals surface area contributed by atoms with Crippen molar-refractivity contribution in [3.05, 3.63) is 28.0 Å². The van der Waals surface area contributed by atoms with Crippen LogP contribution in [-0.2, 0) is 4.74 Å². The van der Waals surface area contributed by atoms with Gasteiger partial charge >= 0.3 is 0 Å². The van der Waals surface area contributed by atoms with E-state index in [9.17, 15) is 4.79 Å². The van der Waals surface area contributed by atoms with E-state index in [-0.39, 0.29) is 22.3 Å². The molecule has 0 radical (unpaired) electrons. The summed E-state index contributed by atoms with van der Waals surface area (Å²) >= 11 is 11.6. The van der Waals surface area contributed by atoms with E-state index in [0.29, 0.717) is 25.3 Å². The van der Waals surface area contributed by atoms with Gasteiger partial charge in [-0.15, -0.1) is 0 Å². The lowest BCUT2D eigenvalue weighted by Gasteiger charge is -2.22. The third kappa shape index (κ3) is 3.34. The standard InChI is InChI=1S/C12H14Cl2N2O2/c1-8-7-16(3-2-4-18-8)12(17)9-5-10(13)15-11(14)6-9/h5-6,8H,2-4,7H2,1H3. The van der Waals surface area contributed by atoms with E-state index < -0.39 is 0 Å². The molecule has 1 amide bonds. The Balaban J connectivity index is 2.18. The number of carbonyl (C=O) groups is 1. The topological polar surface area (TPSA) is 42.4 Å². The number of pyridine rings is 1. The fraction of sp³-hybridized carbons (Fsp3) is 0.500. The van der Waals surface area contributed by atoms with E-state index in [4.69, 9.17) is 27.9 Å². The number of amides is 1. The number of halogens is 2. The van der Waals surface area contributed by atoms with Crippen LogP contribution < -0.4 is 0 Å². The highest BCUT2D eigenvalue weighted by Gasteiger charge is 2.21. The molecule has 6 heteroatoms. The predicted molar refractivity (Wildman–Crippen MR) is 70.2 cm³/mol. The summed E-state index contributed by atoms with van der Waals surface area (Å²) in [5.74, 6) is -0.0847. The van der Waals surface area contributed by atoms with E-state index in [2.05, 4.69) is 4.98 Å². The van der Waals surface area contributed by atoms with Gasteiger partial charge in [-0.05, 0) is 25.5 Å². The molecule has 1 aliphatic rings. The van der Waals surface area contributed by atoms with Gasteiger partial charge in [0.1, 0.15) is 10.3 Å². The Kier molecular flexibility index (Phi) is 4.43. The van der Waals surface area contributed by atoms with Gasteiger partial charge in [0, 0.05) is 25.3 Å². The Hall–Kier alpha value is -0.840. The predicted octanol–water partition coefficient (Wildman–Crippen LogP) is 2.64. The highest BCUT2D eigenvalue weighted by molar-refractivity contribution is 6.33. The molecular weight excluding hydrogens is 275 g/mol. The average Bonchev–Trinajstić information content (AvgIpc) is 2.51. The van der Waals surface area contributed by atoms with E-state index in [1.807, 2.05) is 6.92 Å². The first-order chi connectivity index (χ1) is 8.56. The van der Waals surface area contributed by atoms with Crippen LogP contribution in [0.2, 0.25) is 10.3 Å². The molecule has 1 aromatic rings. The minimum atomic E-state index is -0.0847. The minimum Gasteiger partial charge on any atom is -0.377 e. The molecule has 1 fully saturated rings. The molecule has 0 bridgehead atoms. The number of aromatic nitrogens is 1. The molecule has 18 heavy (non-hydrogen) atoms. The molecule has 1 aromatic heterocycles. The van der Waals surface area contributed by atoms with Gasteiger partial charge in [-0.1, -0.05) is 23.2 Å². The van der Waals surface area contributed by atoms with Crippen molar-refractivity contribution in [2.45, 2.75) is 19.4 Å². The van der Waals surface area contributed by atoms with Crippen LogP contribution in [0.5, 0.6) is 0 Å². The Morgan fingerprint density at radius 2 is 2.11 bits per heavy atom. The van der Waals surface area contributed by atoms with Crippen molar-refractivity contribution >= 4 is 29.1 Å². The largest absolute Gasteiger partial charge is 0.377 e. The third-order valence-corrected chi connectivity index (χ3v) is 3.14. The van der Waals surface area contributed by atoms with Crippen LogP contribution in [-0.4, -0.2) is 41.6 Å². The van der Waals surface area contributed by atoms with Crippen LogP contribution in [0, 0.1) is 0 Å². The first kappa shape index (κ1) is 13.6. The molecule has 0 aliphatic carbocycles. The van der Waals surface area contributed by atoms with Crippen LogP contribution in [0.25, 0.3) is 0 Å². The van der Waals surface area contributed by atoms with Crippen molar-refractivity contribution in [1.29, 1.82) is 0 Å². The number of nitrogens with zero attached hydrogens (tertiary/aromatic N) is 2. The molecule has 98 valence electrons. The van der Waals surface area contributed by atoms with Gasteiger partial charge in [0.25, 0.3) is 5.91 Å². The maximum atomic E-state index is 12.3. The van der Waals surface area contributed by atoms with Gasteiger partial charge < -0.3 is 9.64 Å². The van der Waals surface area contributed by atoms with Crippen LogP contribution in [0.4, 0.5) is 0 Å². The molecule has 2 heterocycles. The summed E-state index contributed by atoms with van der Waals surface area (Å²) in [4.78, 5) is 17.9. The molecule has 1 atom stereocenters. The summed E-state index contributed by atoms with van der Waals surface area (Å²) in [5, 5.41) is 0.454. The van der Waals surface area contributed by atoms with Gasteiger partial charge in [-0.25, -0.2) is 4.98 Å². The lowest BCUT2D eigenvalue weighted by molar-refractivity contribution is 0.0562. The maximum Gasteiger partial charge on any atom is 0.254 e. The molecule has 0 spiro atoms. The van der Waals surface area contributed by atoms with Crippen molar-refractivity contribution in [2.75, 3.05) is 19.7 Å². The van der Waals surface area contributed by atoms with Crippen molar-refractivity contribution < 1.29 is 9.53 Å². The fourth-order valence-electron chi connectivity index (χ4n) is 1.95.